The number of alkyl halides is 3. The minimum Gasteiger partial charge on any atom is -0.0836 e. The van der Waals surface area contributed by atoms with Gasteiger partial charge in [-0.25, -0.2) is 0 Å². The first-order valence-electron chi connectivity index (χ1n) is 3.66. The normalized spacial score (nSPS) is 11.8. The van der Waals surface area contributed by atoms with E-state index in [0.29, 0.717) is 10.6 Å². The van der Waals surface area contributed by atoms with Crippen molar-refractivity contribution in [1.82, 2.24) is 0 Å². The van der Waals surface area contributed by atoms with Crippen LogP contribution in [0.1, 0.15) is 16.7 Å². The molecule has 0 aromatic heterocycles. The first-order valence-corrected chi connectivity index (χ1v) is 5.17. The summed E-state index contributed by atoms with van der Waals surface area (Å²) in [6.07, 6.45) is 0. The molecular formula is C9H8Cl4. The topological polar surface area (TPSA) is 0 Å². The van der Waals surface area contributed by atoms with E-state index < -0.39 is 3.79 Å². The molecule has 0 aliphatic heterocycles. The van der Waals surface area contributed by atoms with Crippen LogP contribution in [0.25, 0.3) is 0 Å². The van der Waals surface area contributed by atoms with Crippen LogP contribution < -0.4 is 0 Å². The fourth-order valence-electron chi connectivity index (χ4n) is 1.16. The van der Waals surface area contributed by atoms with E-state index in [4.69, 9.17) is 46.4 Å². The highest BCUT2D eigenvalue weighted by molar-refractivity contribution is 6.67. The van der Waals surface area contributed by atoms with Crippen molar-refractivity contribution >= 4 is 46.4 Å². The standard InChI is InChI=1S/C9H8Cl4/c1-5-3-6(2)8(10)7(4-5)9(11,12)13/h3-4H,1-2H3. The molecule has 1 rings (SSSR count). The van der Waals surface area contributed by atoms with Gasteiger partial charge in [0.25, 0.3) is 0 Å². The zero-order chi connectivity index (χ0) is 10.2. The minimum absolute atomic E-state index is 0.519. The molecule has 13 heavy (non-hydrogen) atoms. The van der Waals surface area contributed by atoms with Gasteiger partial charge in [0.15, 0.2) is 0 Å². The maximum Gasteiger partial charge on any atom is 0.217 e. The van der Waals surface area contributed by atoms with E-state index in [2.05, 4.69) is 0 Å². The lowest BCUT2D eigenvalue weighted by Gasteiger charge is -2.15. The molecule has 0 heterocycles. The lowest BCUT2D eigenvalue weighted by molar-refractivity contribution is 1.20. The van der Waals surface area contributed by atoms with Gasteiger partial charge >= 0.3 is 0 Å². The van der Waals surface area contributed by atoms with Gasteiger partial charge < -0.3 is 0 Å². The number of halogens is 4. The highest BCUT2D eigenvalue weighted by atomic mass is 35.6. The lowest BCUT2D eigenvalue weighted by Crippen LogP contribution is -2.02. The maximum atomic E-state index is 6.00. The van der Waals surface area contributed by atoms with Crippen molar-refractivity contribution in [2.45, 2.75) is 17.6 Å². The molecule has 0 fully saturated rings. The molecule has 0 aliphatic rings. The summed E-state index contributed by atoms with van der Waals surface area (Å²) in [5, 5.41) is 0.519. The molecule has 4 heteroatoms. The van der Waals surface area contributed by atoms with Gasteiger partial charge in [-0.05, 0) is 19.4 Å². The van der Waals surface area contributed by atoms with Crippen LogP contribution in [0.2, 0.25) is 5.02 Å². The Hall–Kier alpha value is 0.380. The monoisotopic (exact) mass is 256 g/mol. The highest BCUT2D eigenvalue weighted by Crippen LogP contribution is 2.43. The van der Waals surface area contributed by atoms with Crippen LogP contribution in [-0.2, 0) is 3.79 Å². The molecule has 1 aromatic carbocycles. The summed E-state index contributed by atoms with van der Waals surface area (Å²) < 4.78 is -1.45. The van der Waals surface area contributed by atoms with Gasteiger partial charge in [-0.2, -0.15) is 0 Å². The van der Waals surface area contributed by atoms with Gasteiger partial charge in [-0.15, -0.1) is 0 Å². The molecule has 0 atom stereocenters. The number of aryl methyl sites for hydroxylation is 2. The van der Waals surface area contributed by atoms with Gasteiger partial charge in [0.05, 0.1) is 5.02 Å². The van der Waals surface area contributed by atoms with Gasteiger partial charge in [0.1, 0.15) is 0 Å². The molecular weight excluding hydrogens is 250 g/mol. The van der Waals surface area contributed by atoms with Crippen LogP contribution in [0, 0.1) is 13.8 Å². The quantitative estimate of drug-likeness (QED) is 0.587. The third kappa shape index (κ3) is 2.66. The molecule has 0 nitrogen and oxygen atoms in total. The summed E-state index contributed by atoms with van der Waals surface area (Å²) in [7, 11) is 0. The zero-order valence-corrected chi connectivity index (χ0v) is 10.2. The Morgan fingerprint density at radius 2 is 1.62 bits per heavy atom. The summed E-state index contributed by atoms with van der Waals surface area (Å²) in [4.78, 5) is 0. The molecule has 0 saturated heterocycles. The fraction of sp³-hybridized carbons (Fsp3) is 0.333. The van der Waals surface area contributed by atoms with Crippen LogP contribution in [0.4, 0.5) is 0 Å². The van der Waals surface area contributed by atoms with Crippen LogP contribution in [-0.4, -0.2) is 0 Å². The number of hydrogen-bond acceptors (Lipinski definition) is 0. The Bertz CT molecular complexity index is 325. The van der Waals surface area contributed by atoms with E-state index in [-0.39, 0.29) is 0 Å². The Morgan fingerprint density at radius 1 is 1.08 bits per heavy atom. The second kappa shape index (κ2) is 3.86. The smallest absolute Gasteiger partial charge is 0.0836 e. The summed E-state index contributed by atoms with van der Waals surface area (Å²) >= 11 is 23.3. The van der Waals surface area contributed by atoms with Gasteiger partial charge in [-0.1, -0.05) is 64.1 Å². The predicted molar refractivity (Wildman–Crippen MR) is 60.2 cm³/mol. The van der Waals surface area contributed by atoms with Crippen molar-refractivity contribution in [2.24, 2.45) is 0 Å². The van der Waals surface area contributed by atoms with Gasteiger partial charge in [0, 0.05) is 5.56 Å². The second-order valence-corrected chi connectivity index (χ2v) is 5.60. The van der Waals surface area contributed by atoms with Crippen molar-refractivity contribution in [1.29, 1.82) is 0 Å². The predicted octanol–water partition coefficient (Wildman–Crippen LogP) is 4.78. The van der Waals surface area contributed by atoms with Crippen molar-refractivity contribution in [3.63, 3.8) is 0 Å². The van der Waals surface area contributed by atoms with Crippen LogP contribution in [0.3, 0.4) is 0 Å². The molecule has 72 valence electrons. The van der Waals surface area contributed by atoms with E-state index >= 15 is 0 Å². The first-order chi connectivity index (χ1) is 5.82. The molecule has 1 aromatic rings. The van der Waals surface area contributed by atoms with E-state index in [9.17, 15) is 0 Å². The maximum absolute atomic E-state index is 6.00. The lowest BCUT2D eigenvalue weighted by atomic mass is 10.1. The average Bonchev–Trinajstić information content (AvgIpc) is 1.94. The van der Waals surface area contributed by atoms with Crippen LogP contribution in [0.15, 0.2) is 12.1 Å². The highest BCUT2D eigenvalue weighted by Gasteiger charge is 2.26. The molecule has 0 unspecified atom stereocenters. The Morgan fingerprint density at radius 3 is 2.08 bits per heavy atom. The Kier molecular flexibility index (Phi) is 3.40. The number of benzene rings is 1. The fourth-order valence-corrected chi connectivity index (χ4v) is 2.00. The van der Waals surface area contributed by atoms with Crippen LogP contribution >= 0.6 is 46.4 Å². The molecule has 0 amide bonds. The third-order valence-corrected chi connectivity index (χ3v) is 2.82. The summed E-state index contributed by atoms with van der Waals surface area (Å²) in [6, 6.07) is 3.73. The number of hydrogen-bond donors (Lipinski definition) is 0. The van der Waals surface area contributed by atoms with Crippen molar-refractivity contribution < 1.29 is 0 Å². The van der Waals surface area contributed by atoms with E-state index in [0.717, 1.165) is 11.1 Å². The second-order valence-electron chi connectivity index (χ2n) is 2.94. The van der Waals surface area contributed by atoms with Crippen molar-refractivity contribution in [3.8, 4) is 0 Å². The summed E-state index contributed by atoms with van der Waals surface area (Å²) in [5.74, 6) is 0. The van der Waals surface area contributed by atoms with Crippen LogP contribution in [0.5, 0.6) is 0 Å². The SMILES string of the molecule is Cc1cc(C)c(Cl)c(C(Cl)(Cl)Cl)c1. The van der Waals surface area contributed by atoms with E-state index in [1.54, 1.807) is 6.07 Å². The summed E-state index contributed by atoms with van der Waals surface area (Å²) in [6.45, 7) is 3.82. The first kappa shape index (κ1) is 11.5. The largest absolute Gasteiger partial charge is 0.217 e. The van der Waals surface area contributed by atoms with Gasteiger partial charge in [0.2, 0.25) is 3.79 Å². The molecule has 0 aliphatic carbocycles. The molecule has 0 spiro atoms. The zero-order valence-electron chi connectivity index (χ0n) is 7.17. The van der Waals surface area contributed by atoms with E-state index in [1.807, 2.05) is 19.9 Å². The molecule has 0 radical (unpaired) electrons. The molecule has 0 saturated carbocycles. The minimum atomic E-state index is -1.45. The average molecular weight is 258 g/mol. The Labute approximate surface area is 97.7 Å². The van der Waals surface area contributed by atoms with Crippen molar-refractivity contribution in [2.75, 3.05) is 0 Å². The van der Waals surface area contributed by atoms with E-state index in [1.165, 1.54) is 0 Å². The summed E-state index contributed by atoms with van der Waals surface area (Å²) in [5.41, 5.74) is 2.49. The Balaban J connectivity index is 3.37. The number of rotatable bonds is 0. The molecule has 0 N–H and O–H groups in total. The van der Waals surface area contributed by atoms with Gasteiger partial charge in [-0.3, -0.25) is 0 Å². The third-order valence-electron chi connectivity index (χ3n) is 1.70. The molecule has 0 bridgehead atoms. The van der Waals surface area contributed by atoms with Crippen molar-refractivity contribution in [3.05, 3.63) is 33.8 Å².